The van der Waals surface area contributed by atoms with E-state index < -0.39 is 0 Å². The quantitative estimate of drug-likeness (QED) is 0.299. The highest BCUT2D eigenvalue weighted by Gasteiger charge is 2.05. The highest BCUT2D eigenvalue weighted by molar-refractivity contribution is 9.09. The maximum Gasteiger partial charge on any atom is 0.339 e. The monoisotopic (exact) mass is 301 g/mol. The van der Waals surface area contributed by atoms with Crippen LogP contribution in [0, 0.1) is 0 Å². The summed E-state index contributed by atoms with van der Waals surface area (Å²) in [5.74, 6) is 1.62. The second-order valence-corrected chi connectivity index (χ2v) is 7.59. The van der Waals surface area contributed by atoms with Gasteiger partial charge in [0.15, 0.2) is 0 Å². The molecule has 0 fully saturated rings. The standard InChI is InChI=1S/C12H15NO2S3/c1-2-8-16-18-17-9-4-7-15-12(14)11-5-3-6-13-10-11/h2-3,5-6,10H,1,4,7-9H2. The lowest BCUT2D eigenvalue weighted by Gasteiger charge is -2.03. The van der Waals surface area contributed by atoms with Gasteiger partial charge in [0, 0.05) is 23.9 Å². The molecule has 0 atom stereocenters. The lowest BCUT2D eigenvalue weighted by Crippen LogP contribution is -2.06. The summed E-state index contributed by atoms with van der Waals surface area (Å²) < 4.78 is 5.13. The number of esters is 1. The number of hydrogen-bond acceptors (Lipinski definition) is 6. The molecule has 3 nitrogen and oxygen atoms in total. The van der Waals surface area contributed by atoms with E-state index in [0.717, 1.165) is 17.9 Å². The Morgan fingerprint density at radius 3 is 3.11 bits per heavy atom. The predicted octanol–water partition coefficient (Wildman–Crippen LogP) is 3.84. The minimum atomic E-state index is -0.304. The van der Waals surface area contributed by atoms with E-state index in [1.165, 1.54) is 6.20 Å². The van der Waals surface area contributed by atoms with E-state index >= 15 is 0 Å². The normalized spacial score (nSPS) is 10.0. The Bertz CT molecular complexity index is 360. The first-order chi connectivity index (χ1) is 8.84. The van der Waals surface area contributed by atoms with Gasteiger partial charge in [-0.1, -0.05) is 27.7 Å². The van der Waals surface area contributed by atoms with Crippen LogP contribution in [0.3, 0.4) is 0 Å². The predicted molar refractivity (Wildman–Crippen MR) is 81.8 cm³/mol. The van der Waals surface area contributed by atoms with Crippen LogP contribution in [0.25, 0.3) is 0 Å². The van der Waals surface area contributed by atoms with Crippen molar-refractivity contribution in [3.8, 4) is 0 Å². The molecule has 1 aromatic rings. The molecule has 1 aromatic heterocycles. The van der Waals surface area contributed by atoms with Gasteiger partial charge in [-0.3, -0.25) is 4.98 Å². The summed E-state index contributed by atoms with van der Waals surface area (Å²) in [5, 5.41) is 0. The van der Waals surface area contributed by atoms with E-state index in [4.69, 9.17) is 4.74 Å². The SMILES string of the molecule is C=CCSSSCCCOC(=O)c1cccnc1. The van der Waals surface area contributed by atoms with Crippen molar-refractivity contribution in [3.05, 3.63) is 42.7 Å². The van der Waals surface area contributed by atoms with Crippen LogP contribution in [0.4, 0.5) is 0 Å². The highest BCUT2D eigenvalue weighted by Crippen LogP contribution is 2.34. The number of nitrogens with zero attached hydrogens (tertiary/aromatic N) is 1. The molecule has 0 bridgehead atoms. The van der Waals surface area contributed by atoms with Crippen molar-refractivity contribution in [3.63, 3.8) is 0 Å². The van der Waals surface area contributed by atoms with Gasteiger partial charge in [0.1, 0.15) is 0 Å². The van der Waals surface area contributed by atoms with Gasteiger partial charge in [0.25, 0.3) is 0 Å². The van der Waals surface area contributed by atoms with Crippen molar-refractivity contribution in [2.75, 3.05) is 18.1 Å². The van der Waals surface area contributed by atoms with E-state index in [1.54, 1.807) is 49.7 Å². The number of carbonyl (C=O) groups excluding carboxylic acids is 1. The topological polar surface area (TPSA) is 39.2 Å². The minimum absolute atomic E-state index is 0.304. The van der Waals surface area contributed by atoms with E-state index in [2.05, 4.69) is 11.6 Å². The molecule has 0 amide bonds. The third kappa shape index (κ3) is 6.98. The van der Waals surface area contributed by atoms with E-state index in [0.29, 0.717) is 12.2 Å². The Labute approximate surface area is 119 Å². The van der Waals surface area contributed by atoms with E-state index in [1.807, 2.05) is 6.08 Å². The molecule has 0 saturated carbocycles. The summed E-state index contributed by atoms with van der Waals surface area (Å²) in [4.78, 5) is 15.4. The lowest BCUT2D eigenvalue weighted by molar-refractivity contribution is 0.0506. The summed E-state index contributed by atoms with van der Waals surface area (Å²) >= 11 is 0. The van der Waals surface area contributed by atoms with Gasteiger partial charge < -0.3 is 4.74 Å². The Morgan fingerprint density at radius 1 is 1.50 bits per heavy atom. The number of ether oxygens (including phenoxy) is 1. The van der Waals surface area contributed by atoms with Crippen LogP contribution in [-0.2, 0) is 4.74 Å². The van der Waals surface area contributed by atoms with Gasteiger partial charge in [-0.2, -0.15) is 0 Å². The van der Waals surface area contributed by atoms with Gasteiger partial charge in [0.2, 0.25) is 0 Å². The molecule has 1 rings (SSSR count). The van der Waals surface area contributed by atoms with E-state index in [-0.39, 0.29) is 5.97 Å². The first kappa shape index (κ1) is 15.5. The van der Waals surface area contributed by atoms with Crippen molar-refractivity contribution in [1.82, 2.24) is 4.98 Å². The molecule has 0 unspecified atom stereocenters. The first-order valence-electron chi connectivity index (χ1n) is 5.43. The number of hydrogen-bond donors (Lipinski definition) is 0. The first-order valence-corrected chi connectivity index (χ1v) is 9.26. The smallest absolute Gasteiger partial charge is 0.339 e. The minimum Gasteiger partial charge on any atom is -0.462 e. The molecule has 6 heteroatoms. The van der Waals surface area contributed by atoms with Crippen molar-refractivity contribution >= 4 is 37.4 Å². The van der Waals surface area contributed by atoms with Gasteiger partial charge >= 0.3 is 5.97 Å². The van der Waals surface area contributed by atoms with Crippen LogP contribution < -0.4 is 0 Å². The molecule has 0 aliphatic carbocycles. The fraction of sp³-hybridized carbons (Fsp3) is 0.333. The molecule has 1 heterocycles. The zero-order chi connectivity index (χ0) is 13.1. The van der Waals surface area contributed by atoms with E-state index in [9.17, 15) is 4.79 Å². The molecular formula is C12H15NO2S3. The summed E-state index contributed by atoms with van der Waals surface area (Å²) in [6, 6.07) is 3.42. The highest BCUT2D eigenvalue weighted by atomic mass is 33.5. The largest absolute Gasteiger partial charge is 0.462 e. The maximum absolute atomic E-state index is 11.5. The summed E-state index contributed by atoms with van der Waals surface area (Å²) in [5.41, 5.74) is 0.501. The summed E-state index contributed by atoms with van der Waals surface area (Å²) in [6.07, 6.45) is 5.89. The molecule has 0 aromatic carbocycles. The molecule has 18 heavy (non-hydrogen) atoms. The molecule has 0 saturated heterocycles. The van der Waals surface area contributed by atoms with Crippen LogP contribution in [0.5, 0.6) is 0 Å². The van der Waals surface area contributed by atoms with Gasteiger partial charge in [-0.25, -0.2) is 4.79 Å². The zero-order valence-electron chi connectivity index (χ0n) is 9.91. The molecule has 0 spiro atoms. The molecule has 0 N–H and O–H groups in total. The summed E-state index contributed by atoms with van der Waals surface area (Å²) in [6.45, 7) is 4.10. The zero-order valence-corrected chi connectivity index (χ0v) is 12.4. The Hall–Kier alpha value is -0.590. The van der Waals surface area contributed by atoms with Crippen LogP contribution in [0.15, 0.2) is 37.2 Å². The average molecular weight is 301 g/mol. The molecule has 0 radical (unpaired) electrons. The average Bonchev–Trinajstić information content (AvgIpc) is 2.42. The fourth-order valence-electron chi connectivity index (χ4n) is 0.993. The van der Waals surface area contributed by atoms with Crippen molar-refractivity contribution in [1.29, 1.82) is 0 Å². The van der Waals surface area contributed by atoms with Crippen molar-refractivity contribution < 1.29 is 9.53 Å². The van der Waals surface area contributed by atoms with Crippen LogP contribution in [0.2, 0.25) is 0 Å². The Balaban J connectivity index is 2.01. The van der Waals surface area contributed by atoms with Crippen LogP contribution in [0.1, 0.15) is 16.8 Å². The lowest BCUT2D eigenvalue weighted by atomic mass is 10.3. The molecule has 0 aliphatic rings. The van der Waals surface area contributed by atoms with Gasteiger partial charge in [-0.05, 0) is 28.4 Å². The molecule has 98 valence electrons. The Kier molecular flexibility index (Phi) is 8.89. The van der Waals surface area contributed by atoms with Crippen LogP contribution in [-0.4, -0.2) is 29.1 Å². The Morgan fingerprint density at radius 2 is 2.39 bits per heavy atom. The van der Waals surface area contributed by atoms with Crippen molar-refractivity contribution in [2.45, 2.75) is 6.42 Å². The van der Waals surface area contributed by atoms with Gasteiger partial charge in [0.05, 0.1) is 12.2 Å². The fourth-order valence-corrected chi connectivity index (χ4v) is 4.46. The molecule has 0 aliphatic heterocycles. The van der Waals surface area contributed by atoms with Crippen molar-refractivity contribution in [2.24, 2.45) is 0 Å². The van der Waals surface area contributed by atoms with Gasteiger partial charge in [-0.15, -0.1) is 6.58 Å². The second-order valence-electron chi connectivity index (χ2n) is 3.19. The third-order valence-corrected chi connectivity index (χ3v) is 6.02. The molecular weight excluding hydrogens is 286 g/mol. The third-order valence-electron chi connectivity index (χ3n) is 1.78. The second kappa shape index (κ2) is 10.3. The number of rotatable bonds is 9. The number of carbonyl (C=O) groups is 1. The number of aromatic nitrogens is 1. The van der Waals surface area contributed by atoms with Crippen LogP contribution >= 0.6 is 31.4 Å². The number of pyridine rings is 1. The summed E-state index contributed by atoms with van der Waals surface area (Å²) in [7, 11) is 5.27. The maximum atomic E-state index is 11.5.